The second-order valence-corrected chi connectivity index (χ2v) is 8.43. The molecule has 0 radical (unpaired) electrons. The number of carbonyl (C=O) groups is 2. The van der Waals surface area contributed by atoms with Gasteiger partial charge in [0.15, 0.2) is 5.96 Å². The van der Waals surface area contributed by atoms with E-state index in [1.165, 1.54) is 0 Å². The van der Waals surface area contributed by atoms with Crippen molar-refractivity contribution >= 4 is 23.9 Å². The van der Waals surface area contributed by atoms with E-state index in [1.807, 2.05) is 36.4 Å². The molecule has 3 aromatic rings. The minimum absolute atomic E-state index is 0.285. The Morgan fingerprint density at radius 3 is 2.28 bits per heavy atom. The molecule has 1 saturated heterocycles. The molecule has 11 heteroatoms. The largest absolute Gasteiger partial charge is 0.478 e. The second kappa shape index (κ2) is 11.3. The number of aromatic carboxylic acids is 1. The number of piperazine rings is 1. The third-order valence-corrected chi connectivity index (χ3v) is 5.84. The van der Waals surface area contributed by atoms with E-state index in [2.05, 4.69) is 30.1 Å². The SMILES string of the molecule is NC(N)=NC(=O)NCc1cccc(-c2cnc(N3CCN(Cc4ccc(C(=O)O)cc4)CC3)nc2)c1. The lowest BCUT2D eigenvalue weighted by Gasteiger charge is -2.34. The number of guanidine groups is 1. The Balaban J connectivity index is 1.31. The van der Waals surface area contributed by atoms with Crippen LogP contribution < -0.4 is 21.7 Å². The summed E-state index contributed by atoms with van der Waals surface area (Å²) in [6.45, 7) is 4.39. The number of amides is 2. The minimum Gasteiger partial charge on any atom is -0.478 e. The van der Waals surface area contributed by atoms with Crippen LogP contribution in [-0.4, -0.2) is 64.1 Å². The molecule has 11 nitrogen and oxygen atoms in total. The summed E-state index contributed by atoms with van der Waals surface area (Å²) in [5.41, 5.74) is 14.5. The molecular formula is C25H28N8O3. The summed E-state index contributed by atoms with van der Waals surface area (Å²) >= 11 is 0. The van der Waals surface area contributed by atoms with Crippen molar-refractivity contribution in [3.63, 3.8) is 0 Å². The van der Waals surface area contributed by atoms with Crippen LogP contribution in [0.1, 0.15) is 21.5 Å². The first kappa shape index (κ1) is 24.6. The van der Waals surface area contributed by atoms with Gasteiger partial charge in [-0.05, 0) is 34.9 Å². The van der Waals surface area contributed by atoms with Crippen molar-refractivity contribution in [2.45, 2.75) is 13.1 Å². The second-order valence-electron chi connectivity index (χ2n) is 8.43. The first-order valence-electron chi connectivity index (χ1n) is 11.5. The van der Waals surface area contributed by atoms with Gasteiger partial charge in [-0.2, -0.15) is 4.99 Å². The fourth-order valence-corrected chi connectivity index (χ4v) is 3.95. The number of nitrogens with zero attached hydrogens (tertiary/aromatic N) is 5. The number of carbonyl (C=O) groups excluding carboxylic acids is 1. The third kappa shape index (κ3) is 6.54. The van der Waals surface area contributed by atoms with Crippen LogP contribution >= 0.6 is 0 Å². The molecule has 36 heavy (non-hydrogen) atoms. The number of benzene rings is 2. The summed E-state index contributed by atoms with van der Waals surface area (Å²) in [7, 11) is 0. The lowest BCUT2D eigenvalue weighted by molar-refractivity contribution is 0.0697. The number of hydrogen-bond donors (Lipinski definition) is 4. The lowest BCUT2D eigenvalue weighted by Crippen LogP contribution is -2.46. The number of aromatic nitrogens is 2. The van der Waals surface area contributed by atoms with Crippen molar-refractivity contribution in [3.05, 3.63) is 77.6 Å². The molecule has 0 unspecified atom stereocenters. The zero-order chi connectivity index (χ0) is 25.5. The standard InChI is InChI=1S/C25H28N8O3/c26-23(27)31-25(36)30-13-18-2-1-3-20(12-18)21-14-28-24(29-15-21)33-10-8-32(9-11-33)16-17-4-6-19(7-5-17)22(34)35/h1-7,12,14-15H,8-11,13,16H2,(H,34,35)(H5,26,27,30,31,36). The quantitative estimate of drug-likeness (QED) is 0.286. The molecule has 0 spiro atoms. The van der Waals surface area contributed by atoms with Crippen LogP contribution in [0.2, 0.25) is 0 Å². The Labute approximate surface area is 208 Å². The number of rotatable bonds is 7. The van der Waals surface area contributed by atoms with E-state index in [0.717, 1.165) is 55.0 Å². The van der Waals surface area contributed by atoms with Gasteiger partial charge in [-0.1, -0.05) is 30.3 Å². The highest BCUT2D eigenvalue weighted by Crippen LogP contribution is 2.21. The number of anilines is 1. The highest BCUT2D eigenvalue weighted by Gasteiger charge is 2.19. The van der Waals surface area contributed by atoms with Crippen molar-refractivity contribution < 1.29 is 14.7 Å². The average molecular weight is 489 g/mol. The van der Waals surface area contributed by atoms with Crippen molar-refractivity contribution in [1.29, 1.82) is 0 Å². The van der Waals surface area contributed by atoms with Gasteiger partial charge >= 0.3 is 12.0 Å². The van der Waals surface area contributed by atoms with E-state index in [-0.39, 0.29) is 12.5 Å². The molecule has 0 saturated carbocycles. The van der Waals surface area contributed by atoms with Crippen LogP contribution in [0, 0.1) is 0 Å². The van der Waals surface area contributed by atoms with Gasteiger partial charge in [0.25, 0.3) is 0 Å². The number of nitrogens with one attached hydrogen (secondary N) is 1. The maximum Gasteiger partial charge on any atom is 0.344 e. The van der Waals surface area contributed by atoms with Crippen LogP contribution in [0.25, 0.3) is 11.1 Å². The molecule has 0 atom stereocenters. The zero-order valence-corrected chi connectivity index (χ0v) is 19.7. The molecule has 186 valence electrons. The van der Waals surface area contributed by atoms with E-state index in [1.54, 1.807) is 24.5 Å². The molecule has 1 aliphatic heterocycles. The van der Waals surface area contributed by atoms with Crippen LogP contribution in [0.4, 0.5) is 10.7 Å². The van der Waals surface area contributed by atoms with Gasteiger partial charge < -0.3 is 26.8 Å². The molecule has 0 aliphatic carbocycles. The molecule has 6 N–H and O–H groups in total. The number of carboxylic acids is 1. The topological polar surface area (TPSA) is 163 Å². The Morgan fingerprint density at radius 1 is 0.944 bits per heavy atom. The lowest BCUT2D eigenvalue weighted by atomic mass is 10.1. The molecule has 2 aromatic carbocycles. The Morgan fingerprint density at radius 2 is 1.64 bits per heavy atom. The number of urea groups is 1. The molecule has 2 heterocycles. The van der Waals surface area contributed by atoms with E-state index < -0.39 is 12.0 Å². The Hall–Kier alpha value is -4.51. The zero-order valence-electron chi connectivity index (χ0n) is 19.7. The smallest absolute Gasteiger partial charge is 0.344 e. The monoisotopic (exact) mass is 488 g/mol. The summed E-state index contributed by atoms with van der Waals surface area (Å²) in [5, 5.41) is 11.7. The van der Waals surface area contributed by atoms with Crippen molar-refractivity contribution in [3.8, 4) is 11.1 Å². The highest BCUT2D eigenvalue weighted by atomic mass is 16.4. The van der Waals surface area contributed by atoms with Gasteiger partial charge in [0.05, 0.1) is 5.56 Å². The van der Waals surface area contributed by atoms with Crippen LogP contribution in [0.15, 0.2) is 65.9 Å². The van der Waals surface area contributed by atoms with Crippen molar-refractivity contribution in [1.82, 2.24) is 20.2 Å². The van der Waals surface area contributed by atoms with Gasteiger partial charge in [-0.25, -0.2) is 19.6 Å². The first-order chi connectivity index (χ1) is 17.4. The number of aliphatic imine (C=N–C) groups is 1. The van der Waals surface area contributed by atoms with E-state index >= 15 is 0 Å². The average Bonchev–Trinajstić information content (AvgIpc) is 2.88. The minimum atomic E-state index is -0.915. The summed E-state index contributed by atoms with van der Waals surface area (Å²) in [6, 6.07) is 14.1. The molecule has 1 aromatic heterocycles. The third-order valence-electron chi connectivity index (χ3n) is 5.84. The predicted octanol–water partition coefficient (Wildman–Crippen LogP) is 1.65. The molecule has 4 rings (SSSR count). The highest BCUT2D eigenvalue weighted by molar-refractivity contribution is 5.90. The molecule has 0 bridgehead atoms. The van der Waals surface area contributed by atoms with E-state index in [4.69, 9.17) is 16.6 Å². The first-order valence-corrected chi connectivity index (χ1v) is 11.5. The van der Waals surface area contributed by atoms with Crippen molar-refractivity contribution in [2.24, 2.45) is 16.5 Å². The number of nitrogens with two attached hydrogens (primary N) is 2. The maximum atomic E-state index is 11.6. The van der Waals surface area contributed by atoms with Gasteiger partial charge in [0, 0.05) is 57.2 Å². The van der Waals surface area contributed by atoms with E-state index in [0.29, 0.717) is 11.5 Å². The molecule has 2 amide bonds. The van der Waals surface area contributed by atoms with Crippen LogP contribution in [0.3, 0.4) is 0 Å². The van der Waals surface area contributed by atoms with Gasteiger partial charge in [0.1, 0.15) is 0 Å². The summed E-state index contributed by atoms with van der Waals surface area (Å²) in [4.78, 5) is 39.7. The Bertz CT molecular complexity index is 1230. The summed E-state index contributed by atoms with van der Waals surface area (Å²) in [6.07, 6.45) is 3.60. The molecule has 1 aliphatic rings. The van der Waals surface area contributed by atoms with Gasteiger partial charge in [0.2, 0.25) is 5.95 Å². The van der Waals surface area contributed by atoms with Crippen LogP contribution in [-0.2, 0) is 13.1 Å². The predicted molar refractivity (Wildman–Crippen MR) is 136 cm³/mol. The fraction of sp³-hybridized carbons (Fsp3) is 0.240. The van der Waals surface area contributed by atoms with Gasteiger partial charge in [-0.3, -0.25) is 4.90 Å². The number of hydrogen-bond acceptors (Lipinski definition) is 6. The van der Waals surface area contributed by atoms with Crippen LogP contribution in [0.5, 0.6) is 0 Å². The summed E-state index contributed by atoms with van der Waals surface area (Å²) in [5.74, 6) is -0.515. The normalized spacial score (nSPS) is 13.7. The fourth-order valence-electron chi connectivity index (χ4n) is 3.95. The Kier molecular flexibility index (Phi) is 7.71. The summed E-state index contributed by atoms with van der Waals surface area (Å²) < 4.78 is 0. The van der Waals surface area contributed by atoms with E-state index in [9.17, 15) is 9.59 Å². The van der Waals surface area contributed by atoms with Gasteiger partial charge in [-0.15, -0.1) is 0 Å². The van der Waals surface area contributed by atoms with Crippen molar-refractivity contribution in [2.75, 3.05) is 31.1 Å². The molecular weight excluding hydrogens is 460 g/mol. The molecule has 1 fully saturated rings. The maximum absolute atomic E-state index is 11.6. The number of carboxylic acid groups (broad SMARTS) is 1.